The van der Waals surface area contributed by atoms with Crippen molar-refractivity contribution in [2.75, 3.05) is 26.4 Å². The van der Waals surface area contributed by atoms with E-state index in [2.05, 4.69) is 5.73 Å². The number of hydrogen-bond donors (Lipinski definition) is 1. The average Bonchev–Trinajstić information content (AvgIpc) is 2.77. The third kappa shape index (κ3) is 10.9. The van der Waals surface area contributed by atoms with Crippen LogP contribution in [0, 0.1) is 0 Å². The number of carbonyl (C=O) groups is 2. The van der Waals surface area contributed by atoms with Gasteiger partial charge in [0.05, 0.1) is 30.8 Å². The first-order valence-corrected chi connectivity index (χ1v) is 12.9. The van der Waals surface area contributed by atoms with Crippen LogP contribution >= 0.6 is 0 Å². The fourth-order valence-electron chi connectivity index (χ4n) is 3.53. The Bertz CT molecular complexity index is 811. The monoisotopic (exact) mass is 485 g/mol. The van der Waals surface area contributed by atoms with Crippen molar-refractivity contribution in [1.82, 2.24) is 0 Å². The summed E-state index contributed by atoms with van der Waals surface area (Å²) in [6.45, 7) is 1.47. The van der Waals surface area contributed by atoms with Crippen LogP contribution in [-0.2, 0) is 40.5 Å². The molecule has 1 aliphatic heterocycles. The quantitative estimate of drug-likeness (QED) is 0.497. The molecule has 186 valence electrons. The smallest absolute Gasteiger partial charge is 0.174 e. The number of benzene rings is 1. The minimum Gasteiger partial charge on any atom is -0.744 e. The Balaban J connectivity index is 1.95. The van der Waals surface area contributed by atoms with Gasteiger partial charge in [0.15, 0.2) is 17.7 Å². The summed E-state index contributed by atoms with van der Waals surface area (Å²) in [4.78, 5) is 25.0. The van der Waals surface area contributed by atoms with Crippen LogP contribution in [0.5, 0.6) is 0 Å². The van der Waals surface area contributed by atoms with Gasteiger partial charge in [-0.25, -0.2) is 8.42 Å². The second-order valence-corrected chi connectivity index (χ2v) is 9.68. The molecular formula is C23H35NO8S. The molecular weight excluding hydrogens is 450 g/mol. The lowest BCUT2D eigenvalue weighted by atomic mass is 10.0. The highest BCUT2D eigenvalue weighted by molar-refractivity contribution is 7.85. The van der Waals surface area contributed by atoms with Crippen LogP contribution < -0.4 is 5.73 Å². The number of carbonyl (C=O) groups excluding carboxylic acids is 2. The number of ether oxygens (including phenoxy) is 3. The highest BCUT2D eigenvalue weighted by Gasteiger charge is 2.26. The van der Waals surface area contributed by atoms with Gasteiger partial charge in [0, 0.05) is 26.1 Å². The van der Waals surface area contributed by atoms with E-state index in [-0.39, 0.29) is 49.1 Å². The van der Waals surface area contributed by atoms with Gasteiger partial charge in [0.2, 0.25) is 0 Å². The van der Waals surface area contributed by atoms with Crippen LogP contribution in [0.1, 0.15) is 56.9 Å². The van der Waals surface area contributed by atoms with Crippen LogP contribution in [0.4, 0.5) is 0 Å². The molecule has 33 heavy (non-hydrogen) atoms. The first kappa shape index (κ1) is 27.6. The zero-order valence-corrected chi connectivity index (χ0v) is 19.9. The van der Waals surface area contributed by atoms with E-state index in [0.717, 1.165) is 38.5 Å². The summed E-state index contributed by atoms with van der Waals surface area (Å²) in [7, 11) is -4.54. The van der Waals surface area contributed by atoms with Crippen molar-refractivity contribution < 1.29 is 42.5 Å². The summed E-state index contributed by atoms with van der Waals surface area (Å²) in [5.41, 5.74) is 4.73. The van der Waals surface area contributed by atoms with E-state index in [1.165, 1.54) is 24.3 Å². The molecule has 0 unspecified atom stereocenters. The summed E-state index contributed by atoms with van der Waals surface area (Å²) in [5, 5.41) is 0. The van der Waals surface area contributed by atoms with Crippen molar-refractivity contribution in [2.24, 2.45) is 0 Å². The Hall–Kier alpha value is -1.69. The van der Waals surface area contributed by atoms with E-state index >= 15 is 0 Å². The zero-order chi connectivity index (χ0) is 24.1. The first-order chi connectivity index (χ1) is 15.8. The zero-order valence-electron chi connectivity index (χ0n) is 19.0. The third-order valence-electron chi connectivity index (χ3n) is 5.50. The second kappa shape index (κ2) is 14.5. The summed E-state index contributed by atoms with van der Waals surface area (Å²) in [5.74, 6) is -0.726. The summed E-state index contributed by atoms with van der Waals surface area (Å²) < 4.78 is 49.9. The molecule has 9 nitrogen and oxygen atoms in total. The molecule has 2 rings (SSSR count). The summed E-state index contributed by atoms with van der Waals surface area (Å²) in [6, 6.07) is 5.61. The van der Waals surface area contributed by atoms with E-state index in [1.807, 2.05) is 0 Å². The van der Waals surface area contributed by atoms with Gasteiger partial charge >= 0.3 is 0 Å². The lowest BCUT2D eigenvalue weighted by Crippen LogP contribution is -2.60. The predicted octanol–water partition coefficient (Wildman–Crippen LogP) is 1.39. The van der Waals surface area contributed by atoms with E-state index in [9.17, 15) is 22.6 Å². The average molecular weight is 486 g/mol. The molecule has 0 atom stereocenters. The molecule has 0 saturated carbocycles. The predicted molar refractivity (Wildman–Crippen MR) is 118 cm³/mol. The van der Waals surface area contributed by atoms with Crippen LogP contribution in [-0.4, -0.2) is 63.1 Å². The lowest BCUT2D eigenvalue weighted by Gasteiger charge is -2.17. The third-order valence-corrected chi connectivity index (χ3v) is 6.35. The topological polar surface area (TPSA) is 147 Å². The normalized spacial score (nSPS) is 23.6. The van der Waals surface area contributed by atoms with Crippen molar-refractivity contribution in [1.29, 1.82) is 0 Å². The Morgan fingerprint density at radius 3 is 1.88 bits per heavy atom. The van der Waals surface area contributed by atoms with Crippen LogP contribution in [0.3, 0.4) is 0 Å². The van der Waals surface area contributed by atoms with Crippen molar-refractivity contribution in [3.8, 4) is 0 Å². The molecule has 1 aromatic carbocycles. The summed E-state index contributed by atoms with van der Waals surface area (Å²) in [6.07, 6.45) is 4.82. The minimum atomic E-state index is -4.54. The van der Waals surface area contributed by atoms with E-state index < -0.39 is 16.2 Å². The maximum absolute atomic E-state index is 12.7. The lowest BCUT2D eigenvalue weighted by molar-refractivity contribution is -0.423. The molecule has 1 aliphatic rings. The highest BCUT2D eigenvalue weighted by Crippen LogP contribution is 2.14. The fourth-order valence-corrected chi connectivity index (χ4v) is 4.00. The van der Waals surface area contributed by atoms with Crippen molar-refractivity contribution in [3.63, 3.8) is 0 Å². The Labute approximate surface area is 195 Å². The molecule has 0 aromatic heterocycles. The molecule has 1 heterocycles. The number of Topliss-reactive ketones (excluding diaryl/α,β-unsaturated/α-hetero) is 2. The Kier molecular flexibility index (Phi) is 12.1. The SMILES string of the molecule is [NH3+]C1CCCCOCCC(=O)C(OCc2ccc(S(=O)(=O)[O-])cc2)C(=O)CCOCCCC1. The molecule has 1 saturated heterocycles. The second-order valence-electron chi connectivity index (χ2n) is 8.30. The highest BCUT2D eigenvalue weighted by atomic mass is 32.2. The van der Waals surface area contributed by atoms with E-state index in [4.69, 9.17) is 14.2 Å². The molecule has 1 aromatic rings. The van der Waals surface area contributed by atoms with Gasteiger partial charge in [-0.15, -0.1) is 0 Å². The van der Waals surface area contributed by atoms with Gasteiger partial charge in [0.25, 0.3) is 0 Å². The first-order valence-electron chi connectivity index (χ1n) is 11.5. The molecule has 0 bridgehead atoms. The van der Waals surface area contributed by atoms with Crippen molar-refractivity contribution in [3.05, 3.63) is 29.8 Å². The fraction of sp³-hybridized carbons (Fsp3) is 0.652. The van der Waals surface area contributed by atoms with Crippen molar-refractivity contribution >= 4 is 21.7 Å². The number of quaternary nitrogens is 1. The van der Waals surface area contributed by atoms with Gasteiger partial charge in [-0.2, -0.15) is 0 Å². The molecule has 1 fully saturated rings. The maximum atomic E-state index is 12.7. The number of hydrogen-bond acceptors (Lipinski definition) is 8. The molecule has 0 amide bonds. The molecule has 0 spiro atoms. The largest absolute Gasteiger partial charge is 0.744 e. The van der Waals surface area contributed by atoms with Gasteiger partial charge in [-0.1, -0.05) is 12.1 Å². The van der Waals surface area contributed by atoms with Gasteiger partial charge in [0.1, 0.15) is 10.1 Å². The van der Waals surface area contributed by atoms with Crippen molar-refractivity contribution in [2.45, 2.75) is 75.0 Å². The molecule has 3 N–H and O–H groups in total. The van der Waals surface area contributed by atoms with E-state index in [0.29, 0.717) is 24.8 Å². The Morgan fingerprint density at radius 2 is 1.39 bits per heavy atom. The maximum Gasteiger partial charge on any atom is 0.174 e. The Morgan fingerprint density at radius 1 is 0.879 bits per heavy atom. The summed E-state index contributed by atoms with van der Waals surface area (Å²) >= 11 is 0. The molecule has 0 radical (unpaired) electrons. The number of rotatable bonds is 4. The number of ketones is 2. The van der Waals surface area contributed by atoms with Crippen LogP contribution in [0.25, 0.3) is 0 Å². The van der Waals surface area contributed by atoms with Gasteiger partial charge in [-0.3, -0.25) is 9.59 Å². The molecule has 0 aliphatic carbocycles. The van der Waals surface area contributed by atoms with Crippen LogP contribution in [0.2, 0.25) is 0 Å². The van der Waals surface area contributed by atoms with Crippen LogP contribution in [0.15, 0.2) is 29.2 Å². The van der Waals surface area contributed by atoms with E-state index in [1.54, 1.807) is 0 Å². The van der Waals surface area contributed by atoms with Gasteiger partial charge in [-0.05, 0) is 56.2 Å². The van der Waals surface area contributed by atoms with Gasteiger partial charge < -0.3 is 24.5 Å². The molecule has 10 heteroatoms. The minimum absolute atomic E-state index is 0.0581. The standard InChI is InChI=1S/C23H35NO8S/c24-19-5-1-3-13-30-15-11-21(25)23(22(26)12-16-31-14-4-2-6-19)32-17-18-7-9-20(10-8-18)33(27,28)29/h7-10,19,23H,1-6,11-17,24H2,(H,27,28,29).